The van der Waals surface area contributed by atoms with Crippen LogP contribution in [0.1, 0.15) is 169 Å². The van der Waals surface area contributed by atoms with E-state index in [0.717, 1.165) is 28.9 Å². The maximum Gasteiger partial charge on any atom is 0.338 e. The molecule has 6 N–H and O–H groups in total. The second-order valence-corrected chi connectivity index (χ2v) is 26.9. The zero-order valence-corrected chi connectivity index (χ0v) is 50.9. The fourth-order valence-corrected chi connectivity index (χ4v) is 16.8. The summed E-state index contributed by atoms with van der Waals surface area (Å²) in [6.45, 7) is 17.0. The van der Waals surface area contributed by atoms with E-state index in [4.69, 9.17) is 54.6 Å². The molecule has 0 spiro atoms. The van der Waals surface area contributed by atoms with Crippen molar-refractivity contribution in [2.24, 2.45) is 68.8 Å². The molecule has 10 atom stereocenters. The zero-order valence-electron chi connectivity index (χ0n) is 50.9. The van der Waals surface area contributed by atoms with Crippen LogP contribution in [0.5, 0.6) is 0 Å². The van der Waals surface area contributed by atoms with Crippen LogP contribution in [0.15, 0.2) is 71.9 Å². The predicted octanol–water partition coefficient (Wildman–Crippen LogP) is 9.11. The monoisotopic (exact) mass is 1220 g/mol. The van der Waals surface area contributed by atoms with Gasteiger partial charge < -0.3 is 54.6 Å². The first kappa shape index (κ1) is 67.6. The predicted molar refractivity (Wildman–Crippen MR) is 312 cm³/mol. The Bertz CT molecular complexity index is 2620. The number of rotatable bonds is 22. The number of aliphatic carboxylic acids is 4. The van der Waals surface area contributed by atoms with Crippen molar-refractivity contribution in [2.75, 3.05) is 26.4 Å². The fraction of sp³-hybridized carbons (Fsp3) is 0.667. The first-order valence-electron chi connectivity index (χ1n) is 30.8. The number of carboxylic acids is 4. The summed E-state index contributed by atoms with van der Waals surface area (Å²) in [7, 11) is 0. The van der Waals surface area contributed by atoms with Crippen molar-refractivity contribution in [2.45, 2.75) is 187 Å². The first-order chi connectivity index (χ1) is 41.0. The Morgan fingerprint density at radius 2 is 0.874 bits per heavy atom. The summed E-state index contributed by atoms with van der Waals surface area (Å²) in [5, 5.41) is 35.7. The Balaban J connectivity index is 0.000000210. The van der Waals surface area contributed by atoms with Crippen molar-refractivity contribution in [1.29, 1.82) is 0 Å². The van der Waals surface area contributed by atoms with E-state index >= 15 is 0 Å². The molecule has 2 aliphatic heterocycles. The minimum Gasteiger partial charge on any atom is -0.481 e. The molecule has 0 amide bonds. The average molecular weight is 1220 g/mol. The lowest BCUT2D eigenvalue weighted by molar-refractivity contribution is -0.192. The van der Waals surface area contributed by atoms with Crippen molar-refractivity contribution in [3.05, 3.63) is 71.9 Å². The summed E-state index contributed by atoms with van der Waals surface area (Å²) >= 11 is 0. The van der Waals surface area contributed by atoms with Gasteiger partial charge in [-0.3, -0.25) is 38.4 Å². The number of hydrogen-bond donors (Lipinski definition) is 5. The number of hydrogen-bond acceptors (Lipinski definition) is 17. The number of carbonyl (C=O) groups is 10. The van der Waals surface area contributed by atoms with Crippen LogP contribution in [0.3, 0.4) is 0 Å². The molecular weight excluding hydrogens is 1130 g/mol. The summed E-state index contributed by atoms with van der Waals surface area (Å²) in [4.78, 5) is 117. The molecule has 0 aromatic carbocycles. The van der Waals surface area contributed by atoms with E-state index in [1.807, 2.05) is 26.0 Å². The highest BCUT2D eigenvalue weighted by Crippen LogP contribution is 2.64. The molecule has 8 saturated carbocycles. The maximum atomic E-state index is 12.5. The number of allylic oxidation sites excluding steroid dienone is 4. The first-order valence-corrected chi connectivity index (χ1v) is 30.8. The molecule has 0 radical (unpaired) electrons. The minimum absolute atomic E-state index is 0.0804. The second kappa shape index (κ2) is 28.5. The highest BCUT2D eigenvalue weighted by atomic mass is 16.6. The van der Waals surface area contributed by atoms with Gasteiger partial charge in [-0.2, -0.15) is 0 Å². The summed E-state index contributed by atoms with van der Waals surface area (Å²) in [6, 6.07) is 0. The van der Waals surface area contributed by atoms with Crippen molar-refractivity contribution < 1.29 is 96.8 Å². The van der Waals surface area contributed by atoms with Crippen LogP contribution < -0.4 is 5.73 Å². The molecule has 21 nitrogen and oxygen atoms in total. The fourth-order valence-electron chi connectivity index (χ4n) is 16.8. The van der Waals surface area contributed by atoms with E-state index in [9.17, 15) is 47.9 Å². The van der Waals surface area contributed by atoms with E-state index in [1.54, 1.807) is 24.3 Å². The molecule has 21 heteroatoms. The lowest BCUT2D eigenvalue weighted by atomic mass is 9.46. The molecule has 87 heavy (non-hydrogen) atoms. The Labute approximate surface area is 508 Å². The number of fused-ring (bicyclic) bond motifs is 2. The molecule has 8 fully saturated rings. The zero-order chi connectivity index (χ0) is 63.6. The van der Waals surface area contributed by atoms with Crippen LogP contribution in [0, 0.1) is 63.1 Å². The van der Waals surface area contributed by atoms with Gasteiger partial charge in [0.05, 0.1) is 62.5 Å². The Hall–Kier alpha value is -6.90. The highest BCUT2D eigenvalue weighted by molar-refractivity contribution is 5.94. The van der Waals surface area contributed by atoms with Gasteiger partial charge in [0.15, 0.2) is 0 Å². The topological polar surface area (TPSA) is 333 Å². The van der Waals surface area contributed by atoms with Gasteiger partial charge in [0.1, 0.15) is 38.6 Å². The second-order valence-electron chi connectivity index (χ2n) is 26.9. The van der Waals surface area contributed by atoms with Crippen LogP contribution in [0.25, 0.3) is 0 Å². The van der Waals surface area contributed by atoms with Gasteiger partial charge in [-0.1, -0.05) is 76.3 Å². The van der Waals surface area contributed by atoms with E-state index in [-0.39, 0.29) is 124 Å². The number of ether oxygens (including phenoxy) is 6. The smallest absolute Gasteiger partial charge is 0.338 e. The molecule has 10 rings (SSSR count). The standard InChI is InChI=1S/2C28H36O10.C10H17N/c2*1-17-4-7-20-27(2,19(17)6-5-18-13-15-36-26(18)35)14-12-21(38-25(34)11-9-23(31)32)28(20,3)16-37-24(33)10-8-22(29)30;11-10-4-7-1-8(5-10)3-9(2-7)6-10/h2*5-6,13,19-21H,1,4,7-12,14-16H2,2-3H3,(H,29,30)(H,31,32);7-9H,1-6,11H2/b2*6-5+;. The molecular formula is C66H89NO20. The number of nitrogens with two attached hydrogens (primary N) is 1. The van der Waals surface area contributed by atoms with Crippen LogP contribution in [0.2, 0.25) is 0 Å². The summed E-state index contributed by atoms with van der Waals surface area (Å²) in [6.07, 6.45) is 20.8. The van der Waals surface area contributed by atoms with Crippen LogP contribution in [-0.4, -0.2) is 124 Å². The van der Waals surface area contributed by atoms with Gasteiger partial charge in [0.25, 0.3) is 0 Å². The van der Waals surface area contributed by atoms with Crippen LogP contribution in [0.4, 0.5) is 0 Å². The average Bonchev–Trinajstić information content (AvgIpc) is 0.984. The highest BCUT2D eigenvalue weighted by Gasteiger charge is 2.61. The number of carbonyl (C=O) groups excluding carboxylic acids is 6. The van der Waals surface area contributed by atoms with E-state index < -0.39 is 70.8 Å². The maximum absolute atomic E-state index is 12.5. The molecule has 10 aliphatic rings. The molecule has 2 heterocycles. The lowest BCUT2D eigenvalue weighted by Gasteiger charge is -2.59. The van der Waals surface area contributed by atoms with E-state index in [0.29, 0.717) is 68.1 Å². The molecule has 8 aliphatic carbocycles. The van der Waals surface area contributed by atoms with Gasteiger partial charge in [0.2, 0.25) is 0 Å². The Morgan fingerprint density at radius 3 is 1.17 bits per heavy atom. The summed E-state index contributed by atoms with van der Waals surface area (Å²) in [5.74, 6) is -5.04. The third-order valence-corrected chi connectivity index (χ3v) is 20.7. The number of cyclic esters (lactones) is 2. The van der Waals surface area contributed by atoms with Gasteiger partial charge in [-0.15, -0.1) is 0 Å². The normalized spacial score (nSPS) is 34.5. The van der Waals surface area contributed by atoms with Crippen molar-refractivity contribution in [3.8, 4) is 0 Å². The van der Waals surface area contributed by atoms with E-state index in [2.05, 4.69) is 27.0 Å². The third kappa shape index (κ3) is 16.6. The molecule has 0 saturated heterocycles. The van der Waals surface area contributed by atoms with Gasteiger partial charge in [0, 0.05) is 28.2 Å². The quantitative estimate of drug-likeness (QED) is 0.0383. The third-order valence-electron chi connectivity index (χ3n) is 20.7. The molecule has 0 aromatic rings. The van der Waals surface area contributed by atoms with Crippen molar-refractivity contribution in [3.63, 3.8) is 0 Å². The summed E-state index contributed by atoms with van der Waals surface area (Å²) < 4.78 is 32.7. The lowest BCUT2D eigenvalue weighted by Crippen LogP contribution is -2.58. The molecule has 478 valence electrons. The Morgan fingerprint density at radius 1 is 0.540 bits per heavy atom. The summed E-state index contributed by atoms with van der Waals surface area (Å²) in [5.41, 5.74) is 7.28. The van der Waals surface area contributed by atoms with Crippen molar-refractivity contribution >= 4 is 59.7 Å². The van der Waals surface area contributed by atoms with E-state index in [1.165, 1.54) is 38.5 Å². The van der Waals surface area contributed by atoms with Gasteiger partial charge >= 0.3 is 59.7 Å². The largest absolute Gasteiger partial charge is 0.481 e. The van der Waals surface area contributed by atoms with Crippen molar-refractivity contribution in [1.82, 2.24) is 0 Å². The SMILES string of the molecule is C=C1CCC2C(C)(COC(=O)CCC(=O)O)C(OC(=O)CCC(=O)O)CCC2(C)C1/C=C/C1=CCOC1=O.C=C1CCC2C(C)(COC(=O)CCC(=O)O)C(OC(=O)CCC(=O)O)CCC2(C)C1/C=C/C1=CCOC1=O.NC12CC3CC(CC(C3)C1)C2. The molecule has 0 aromatic heterocycles. The van der Waals surface area contributed by atoms with Gasteiger partial charge in [-0.05, 0) is 142 Å². The molecule has 4 bridgehead atoms. The Kier molecular flexibility index (Phi) is 22.2. The van der Waals surface area contributed by atoms with Crippen LogP contribution in [-0.2, 0) is 76.4 Å². The number of esters is 6. The van der Waals surface area contributed by atoms with Gasteiger partial charge in [-0.25, -0.2) is 9.59 Å². The number of carboxylic acid groups (broad SMARTS) is 4. The van der Waals surface area contributed by atoms with Crippen LogP contribution >= 0.6 is 0 Å². The minimum atomic E-state index is -1.11. The molecule has 10 unspecified atom stereocenters.